The number of imidazole rings is 1. The highest BCUT2D eigenvalue weighted by Crippen LogP contribution is 2.06. The second kappa shape index (κ2) is 2.39. The number of hydrogen-bond acceptors (Lipinski definition) is 1. The Labute approximate surface area is 66.2 Å². The molecule has 4 heteroatoms. The molecule has 2 rings (SSSR count). The van der Waals surface area contributed by atoms with E-state index < -0.39 is 0 Å². The quantitative estimate of drug-likeness (QED) is 0.568. The number of fused-ring (bicyclic) bond motifs is 1. The summed E-state index contributed by atoms with van der Waals surface area (Å²) in [7, 11) is 0. The van der Waals surface area contributed by atoms with Gasteiger partial charge in [-0.05, 0) is 12.1 Å². The summed E-state index contributed by atoms with van der Waals surface area (Å²) >= 11 is 0.433. The van der Waals surface area contributed by atoms with Crippen LogP contribution >= 0.6 is 0 Å². The first-order chi connectivity index (χ1) is 5.40. The van der Waals surface area contributed by atoms with Crippen LogP contribution in [0.5, 0.6) is 0 Å². The number of aromatic nitrogens is 2. The first-order valence-corrected chi connectivity index (χ1v) is 3.94. The van der Waals surface area contributed by atoms with Crippen LogP contribution in [0, 0.1) is 4.77 Å². The lowest BCUT2D eigenvalue weighted by molar-refractivity contribution is 0.699. The maximum atomic E-state index is 10.4. The smallest absolute Gasteiger partial charge is 0.205 e. The molecule has 0 aliphatic rings. The van der Waals surface area contributed by atoms with Gasteiger partial charge in [0.25, 0.3) is 0 Å². The highest BCUT2D eigenvalue weighted by molar-refractivity contribution is 7.56. The Morgan fingerprint density at radius 3 is 2.09 bits per heavy atom. The molecular formula is C7H6N2OS. The Balaban J connectivity index is 3.00. The van der Waals surface area contributed by atoms with Crippen LogP contribution in [0.3, 0.4) is 0 Å². The van der Waals surface area contributed by atoms with E-state index in [-0.39, 0.29) is 0 Å². The average molecular weight is 166 g/mol. The summed E-state index contributed by atoms with van der Waals surface area (Å²) in [5.41, 5.74) is 1.93. The molecule has 0 unspecified atom stereocenters. The van der Waals surface area contributed by atoms with Gasteiger partial charge in [0.05, 0.1) is 11.0 Å². The van der Waals surface area contributed by atoms with Crippen molar-refractivity contribution in [3.05, 3.63) is 29.0 Å². The molecule has 0 fully saturated rings. The number of nitrogens with one attached hydrogen (secondary N) is 2. The molecule has 0 amide bonds. The van der Waals surface area contributed by atoms with Gasteiger partial charge < -0.3 is 9.97 Å². The molecule has 0 aliphatic heterocycles. The monoisotopic (exact) mass is 166 g/mol. The van der Waals surface area contributed by atoms with E-state index in [1.54, 1.807) is 0 Å². The van der Waals surface area contributed by atoms with Gasteiger partial charge in [0.1, 0.15) is 11.3 Å². The molecule has 2 N–H and O–H groups in total. The third-order valence-corrected chi connectivity index (χ3v) is 1.88. The van der Waals surface area contributed by atoms with Crippen LogP contribution in [0.15, 0.2) is 24.3 Å². The number of H-pyrrole nitrogens is 2. The van der Waals surface area contributed by atoms with E-state index in [4.69, 9.17) is 0 Å². The summed E-state index contributed by atoms with van der Waals surface area (Å²) in [6.45, 7) is 0. The lowest BCUT2D eigenvalue weighted by atomic mass is 10.3. The molecule has 0 bridgehead atoms. The molecule has 0 spiro atoms. The Hall–Kier alpha value is -1.29. The molecule has 3 nitrogen and oxygen atoms in total. The Morgan fingerprint density at radius 2 is 1.64 bits per heavy atom. The van der Waals surface area contributed by atoms with Gasteiger partial charge in [0.15, 0.2) is 0 Å². The lowest BCUT2D eigenvalue weighted by Gasteiger charge is -1.82. The SMILES string of the molecule is O=S=c1[nH]c2ccccc2[nH]1. The highest BCUT2D eigenvalue weighted by atomic mass is 32.1. The number of para-hydroxylation sites is 2. The van der Waals surface area contributed by atoms with Crippen molar-refractivity contribution in [1.82, 2.24) is 9.97 Å². The maximum absolute atomic E-state index is 10.4. The predicted octanol–water partition coefficient (Wildman–Crippen LogP) is 1.24. The zero-order valence-electron chi connectivity index (χ0n) is 5.63. The second-order valence-corrected chi connectivity index (χ2v) is 2.78. The molecular weight excluding hydrogens is 160 g/mol. The van der Waals surface area contributed by atoms with Crippen molar-refractivity contribution in [3.63, 3.8) is 0 Å². The minimum Gasteiger partial charge on any atom is -0.329 e. The number of hydrogen-bond donors (Lipinski definition) is 2. The van der Waals surface area contributed by atoms with Gasteiger partial charge in [-0.1, -0.05) is 12.1 Å². The Bertz CT molecular complexity index is 428. The molecule has 1 heterocycles. The van der Waals surface area contributed by atoms with Gasteiger partial charge in [0.2, 0.25) is 4.77 Å². The summed E-state index contributed by atoms with van der Waals surface area (Å²) in [4.78, 5) is 5.88. The minimum absolute atomic E-state index is 0.433. The zero-order chi connectivity index (χ0) is 7.68. The third kappa shape index (κ3) is 1.01. The summed E-state index contributed by atoms with van der Waals surface area (Å²) in [6.07, 6.45) is 0. The molecule has 1 aromatic carbocycles. The predicted molar refractivity (Wildman–Crippen MR) is 44.0 cm³/mol. The van der Waals surface area contributed by atoms with Gasteiger partial charge in [-0.25, -0.2) is 4.21 Å². The lowest BCUT2D eigenvalue weighted by Crippen LogP contribution is -1.63. The fraction of sp³-hybridized carbons (Fsp3) is 0. The highest BCUT2D eigenvalue weighted by Gasteiger charge is 1.91. The van der Waals surface area contributed by atoms with E-state index in [0.717, 1.165) is 11.0 Å². The largest absolute Gasteiger partial charge is 0.329 e. The van der Waals surface area contributed by atoms with Gasteiger partial charge in [-0.2, -0.15) is 0 Å². The van der Waals surface area contributed by atoms with Crippen molar-refractivity contribution in [2.45, 2.75) is 0 Å². The van der Waals surface area contributed by atoms with Crippen LogP contribution in [0.25, 0.3) is 11.0 Å². The van der Waals surface area contributed by atoms with Crippen LogP contribution in [0.1, 0.15) is 0 Å². The molecule has 0 saturated heterocycles. The van der Waals surface area contributed by atoms with Crippen LogP contribution in [-0.2, 0) is 11.3 Å². The van der Waals surface area contributed by atoms with E-state index >= 15 is 0 Å². The van der Waals surface area contributed by atoms with Crippen LogP contribution in [0.2, 0.25) is 0 Å². The minimum atomic E-state index is 0.433. The van der Waals surface area contributed by atoms with Gasteiger partial charge in [-0.15, -0.1) is 0 Å². The van der Waals surface area contributed by atoms with Gasteiger partial charge in [-0.3, -0.25) is 0 Å². The number of aromatic amines is 2. The molecule has 2 aromatic rings. The molecule has 56 valence electrons. The fourth-order valence-corrected chi connectivity index (χ4v) is 1.32. The maximum Gasteiger partial charge on any atom is 0.205 e. The van der Waals surface area contributed by atoms with Gasteiger partial charge >= 0.3 is 0 Å². The molecule has 0 atom stereocenters. The van der Waals surface area contributed by atoms with Gasteiger partial charge in [0, 0.05) is 0 Å². The van der Waals surface area contributed by atoms with Crippen molar-refractivity contribution in [2.24, 2.45) is 0 Å². The molecule has 0 radical (unpaired) electrons. The molecule has 11 heavy (non-hydrogen) atoms. The first-order valence-electron chi connectivity index (χ1n) is 3.20. The van der Waals surface area contributed by atoms with Crippen molar-refractivity contribution >= 4 is 22.3 Å². The summed E-state index contributed by atoms with van der Waals surface area (Å²) in [6, 6.07) is 7.69. The zero-order valence-corrected chi connectivity index (χ0v) is 6.44. The average Bonchev–Trinajstić information content (AvgIpc) is 2.46. The first kappa shape index (κ1) is 6.42. The summed E-state index contributed by atoms with van der Waals surface area (Å²) in [5, 5.41) is 0. The van der Waals surface area contributed by atoms with E-state index in [1.807, 2.05) is 24.3 Å². The fourth-order valence-electron chi connectivity index (χ4n) is 1.02. The van der Waals surface area contributed by atoms with Crippen molar-refractivity contribution in [1.29, 1.82) is 0 Å². The second-order valence-electron chi connectivity index (χ2n) is 2.21. The Morgan fingerprint density at radius 1 is 1.09 bits per heavy atom. The van der Waals surface area contributed by atoms with Crippen molar-refractivity contribution in [3.8, 4) is 0 Å². The van der Waals surface area contributed by atoms with E-state index in [1.165, 1.54) is 0 Å². The summed E-state index contributed by atoms with van der Waals surface area (Å²) < 4.78 is 10.9. The molecule has 1 aromatic heterocycles. The summed E-state index contributed by atoms with van der Waals surface area (Å²) in [5.74, 6) is 0. The Kier molecular flexibility index (Phi) is 1.40. The molecule has 0 aliphatic carbocycles. The van der Waals surface area contributed by atoms with Crippen LogP contribution in [-0.4, -0.2) is 14.2 Å². The topological polar surface area (TPSA) is 48.6 Å². The standard InChI is InChI=1S/C7H6N2OS/c10-11-7-8-5-3-1-2-4-6(5)9-7/h1-4,8-9H. The third-order valence-electron chi connectivity index (χ3n) is 1.51. The van der Waals surface area contributed by atoms with E-state index in [0.29, 0.717) is 16.0 Å². The van der Waals surface area contributed by atoms with Crippen molar-refractivity contribution in [2.75, 3.05) is 0 Å². The molecule has 0 saturated carbocycles. The van der Waals surface area contributed by atoms with E-state index in [2.05, 4.69) is 9.97 Å². The van der Waals surface area contributed by atoms with Crippen molar-refractivity contribution < 1.29 is 4.21 Å². The van der Waals surface area contributed by atoms with Crippen LogP contribution in [0.4, 0.5) is 0 Å². The normalized spacial score (nSPS) is 10.2. The number of benzene rings is 1. The van der Waals surface area contributed by atoms with E-state index in [9.17, 15) is 4.21 Å². The van der Waals surface area contributed by atoms with Crippen LogP contribution < -0.4 is 0 Å². The number of rotatable bonds is 0.